The van der Waals surface area contributed by atoms with Gasteiger partial charge in [0, 0.05) is 12.6 Å². The highest BCUT2D eigenvalue weighted by Crippen LogP contribution is 2.17. The first-order chi connectivity index (χ1) is 9.69. The van der Waals surface area contributed by atoms with Gasteiger partial charge in [0.05, 0.1) is 32.4 Å². The Kier molecular flexibility index (Phi) is 5.75. The summed E-state index contributed by atoms with van der Waals surface area (Å²) in [7, 11) is 0. The summed E-state index contributed by atoms with van der Waals surface area (Å²) in [5, 5.41) is 14.4. The molecule has 114 valence electrons. The van der Waals surface area contributed by atoms with Crippen LogP contribution in [-0.2, 0) is 9.53 Å². The monoisotopic (exact) mass is 285 g/mol. The molecule has 1 heterocycles. The van der Waals surface area contributed by atoms with Gasteiger partial charge in [-0.05, 0) is 12.8 Å². The van der Waals surface area contributed by atoms with Crippen LogP contribution in [0.5, 0.6) is 0 Å². The summed E-state index contributed by atoms with van der Waals surface area (Å²) in [5.41, 5.74) is 0. The summed E-state index contributed by atoms with van der Waals surface area (Å²) in [5.74, 6) is -0.346. The predicted molar refractivity (Wildman–Crippen MR) is 72.2 cm³/mol. The summed E-state index contributed by atoms with van der Waals surface area (Å²) in [6.45, 7) is 1.59. The number of carbonyl (C=O) groups is 2. The van der Waals surface area contributed by atoms with Crippen molar-refractivity contribution < 1.29 is 19.4 Å². The lowest BCUT2D eigenvalue weighted by Gasteiger charge is -2.33. The first kappa shape index (κ1) is 15.2. The third-order valence-corrected chi connectivity index (χ3v) is 3.85. The van der Waals surface area contributed by atoms with E-state index >= 15 is 0 Å². The molecule has 1 aliphatic heterocycles. The van der Waals surface area contributed by atoms with Gasteiger partial charge in [-0.3, -0.25) is 15.0 Å². The molecule has 3 N–H and O–H groups in total. The van der Waals surface area contributed by atoms with Gasteiger partial charge in [0.15, 0.2) is 0 Å². The Morgan fingerprint density at radius 3 is 2.75 bits per heavy atom. The second kappa shape index (κ2) is 7.56. The molecule has 0 radical (unpaired) electrons. The molecule has 1 saturated carbocycles. The molecule has 0 bridgehead atoms. The number of carbonyl (C=O) groups excluding carboxylic acids is 2. The van der Waals surface area contributed by atoms with Crippen LogP contribution in [0.1, 0.15) is 25.7 Å². The summed E-state index contributed by atoms with van der Waals surface area (Å²) < 4.78 is 5.24. The van der Waals surface area contributed by atoms with Crippen LogP contribution in [0.3, 0.4) is 0 Å². The highest BCUT2D eigenvalue weighted by Gasteiger charge is 2.25. The quantitative estimate of drug-likeness (QED) is 0.644. The Balaban J connectivity index is 1.72. The van der Waals surface area contributed by atoms with E-state index in [9.17, 15) is 14.7 Å². The van der Waals surface area contributed by atoms with Gasteiger partial charge in [0.2, 0.25) is 5.91 Å². The maximum absolute atomic E-state index is 11.8. The van der Waals surface area contributed by atoms with E-state index in [1.54, 1.807) is 0 Å². The number of nitrogens with zero attached hydrogens (tertiary/aromatic N) is 1. The van der Waals surface area contributed by atoms with Crippen molar-refractivity contribution in [2.45, 2.75) is 37.8 Å². The first-order valence-corrected chi connectivity index (χ1v) is 7.22. The SMILES string of the molecule is O=C(CN1CCOCC1CO)NC(=O)NC1CCCC1. The Labute approximate surface area is 118 Å². The van der Waals surface area contributed by atoms with E-state index in [-0.39, 0.29) is 31.1 Å². The van der Waals surface area contributed by atoms with Crippen molar-refractivity contribution in [2.75, 3.05) is 32.9 Å². The second-order valence-corrected chi connectivity index (χ2v) is 5.38. The van der Waals surface area contributed by atoms with E-state index in [1.807, 2.05) is 4.90 Å². The van der Waals surface area contributed by atoms with Crippen molar-refractivity contribution in [1.82, 2.24) is 15.5 Å². The average molecular weight is 285 g/mol. The van der Waals surface area contributed by atoms with Gasteiger partial charge in [0.25, 0.3) is 0 Å². The number of aliphatic hydroxyl groups excluding tert-OH is 1. The highest BCUT2D eigenvalue weighted by atomic mass is 16.5. The number of rotatable bonds is 4. The van der Waals surface area contributed by atoms with Crippen molar-refractivity contribution >= 4 is 11.9 Å². The lowest BCUT2D eigenvalue weighted by molar-refractivity contribution is -0.124. The van der Waals surface area contributed by atoms with E-state index in [4.69, 9.17) is 4.74 Å². The minimum atomic E-state index is -0.421. The summed E-state index contributed by atoms with van der Waals surface area (Å²) in [6.07, 6.45) is 4.23. The van der Waals surface area contributed by atoms with Crippen LogP contribution in [0.15, 0.2) is 0 Å². The molecule has 1 aliphatic carbocycles. The standard InChI is InChI=1S/C13H23N3O4/c17-8-11-9-20-6-5-16(11)7-12(18)15-13(19)14-10-3-1-2-4-10/h10-11,17H,1-9H2,(H2,14,15,18,19). The summed E-state index contributed by atoms with van der Waals surface area (Å²) >= 11 is 0. The molecule has 3 amide bonds. The summed E-state index contributed by atoms with van der Waals surface area (Å²) in [4.78, 5) is 25.3. The molecular formula is C13H23N3O4. The van der Waals surface area contributed by atoms with Gasteiger partial charge in [-0.1, -0.05) is 12.8 Å². The fourth-order valence-corrected chi connectivity index (χ4v) is 2.71. The first-order valence-electron chi connectivity index (χ1n) is 7.22. The number of hydrogen-bond donors (Lipinski definition) is 3. The van der Waals surface area contributed by atoms with Crippen LogP contribution >= 0.6 is 0 Å². The Hall–Kier alpha value is -1.18. The third-order valence-electron chi connectivity index (χ3n) is 3.85. The number of amides is 3. The molecule has 1 unspecified atom stereocenters. The van der Waals surface area contributed by atoms with E-state index in [2.05, 4.69) is 10.6 Å². The number of aliphatic hydroxyl groups is 1. The van der Waals surface area contributed by atoms with Crippen molar-refractivity contribution in [3.05, 3.63) is 0 Å². The molecule has 0 aromatic rings. The molecule has 1 atom stereocenters. The smallest absolute Gasteiger partial charge is 0.321 e. The Morgan fingerprint density at radius 1 is 1.30 bits per heavy atom. The number of urea groups is 1. The predicted octanol–water partition coefficient (Wildman–Crippen LogP) is -0.552. The largest absolute Gasteiger partial charge is 0.395 e. The maximum atomic E-state index is 11.8. The molecule has 0 aromatic heterocycles. The zero-order valence-corrected chi connectivity index (χ0v) is 11.6. The van der Waals surface area contributed by atoms with Crippen molar-refractivity contribution in [3.63, 3.8) is 0 Å². The molecular weight excluding hydrogens is 262 g/mol. The lowest BCUT2D eigenvalue weighted by atomic mass is 10.2. The van der Waals surface area contributed by atoms with Crippen molar-refractivity contribution in [3.8, 4) is 0 Å². The molecule has 7 heteroatoms. The van der Waals surface area contributed by atoms with Crippen molar-refractivity contribution in [1.29, 1.82) is 0 Å². The fraction of sp³-hybridized carbons (Fsp3) is 0.846. The second-order valence-electron chi connectivity index (χ2n) is 5.38. The fourth-order valence-electron chi connectivity index (χ4n) is 2.71. The molecule has 0 spiro atoms. The normalized spacial score (nSPS) is 24.6. The Morgan fingerprint density at radius 2 is 2.05 bits per heavy atom. The molecule has 0 aromatic carbocycles. The molecule has 2 fully saturated rings. The van der Waals surface area contributed by atoms with E-state index in [1.165, 1.54) is 0 Å². The number of morpholine rings is 1. The minimum Gasteiger partial charge on any atom is -0.395 e. The van der Waals surface area contributed by atoms with Gasteiger partial charge in [-0.25, -0.2) is 4.79 Å². The molecule has 20 heavy (non-hydrogen) atoms. The topological polar surface area (TPSA) is 90.9 Å². The number of imide groups is 1. The van der Waals surface area contributed by atoms with Gasteiger partial charge < -0.3 is 15.2 Å². The van der Waals surface area contributed by atoms with Crippen LogP contribution in [0.4, 0.5) is 4.79 Å². The zero-order chi connectivity index (χ0) is 14.4. The van der Waals surface area contributed by atoms with Crippen LogP contribution in [-0.4, -0.2) is 66.9 Å². The number of nitrogens with one attached hydrogen (secondary N) is 2. The van der Waals surface area contributed by atoms with E-state index < -0.39 is 6.03 Å². The van der Waals surface area contributed by atoms with Crippen LogP contribution in [0.2, 0.25) is 0 Å². The molecule has 1 saturated heterocycles. The van der Waals surface area contributed by atoms with E-state index in [0.717, 1.165) is 25.7 Å². The Bertz CT molecular complexity index is 345. The van der Waals surface area contributed by atoms with Crippen molar-refractivity contribution in [2.24, 2.45) is 0 Å². The van der Waals surface area contributed by atoms with Gasteiger partial charge >= 0.3 is 6.03 Å². The minimum absolute atomic E-state index is 0.0540. The molecule has 2 aliphatic rings. The number of ether oxygens (including phenoxy) is 1. The van der Waals surface area contributed by atoms with Crippen LogP contribution in [0, 0.1) is 0 Å². The average Bonchev–Trinajstić information content (AvgIpc) is 2.91. The van der Waals surface area contributed by atoms with Crippen LogP contribution < -0.4 is 10.6 Å². The summed E-state index contributed by atoms with van der Waals surface area (Å²) in [6, 6.07) is -0.403. The third kappa shape index (κ3) is 4.43. The lowest BCUT2D eigenvalue weighted by Crippen LogP contribution is -2.53. The van der Waals surface area contributed by atoms with Crippen LogP contribution in [0.25, 0.3) is 0 Å². The van der Waals surface area contributed by atoms with Gasteiger partial charge in [0.1, 0.15) is 0 Å². The zero-order valence-electron chi connectivity index (χ0n) is 11.6. The van der Waals surface area contributed by atoms with E-state index in [0.29, 0.717) is 19.8 Å². The number of hydrogen-bond acceptors (Lipinski definition) is 5. The maximum Gasteiger partial charge on any atom is 0.321 e. The highest BCUT2D eigenvalue weighted by molar-refractivity contribution is 5.95. The van der Waals surface area contributed by atoms with Gasteiger partial charge in [-0.15, -0.1) is 0 Å². The molecule has 2 rings (SSSR count). The van der Waals surface area contributed by atoms with Gasteiger partial charge in [-0.2, -0.15) is 0 Å². The molecule has 7 nitrogen and oxygen atoms in total.